The smallest absolute Gasteiger partial charge is 0.228 e. The summed E-state index contributed by atoms with van der Waals surface area (Å²) in [5.41, 5.74) is 0.0651. The van der Waals surface area contributed by atoms with Gasteiger partial charge in [0.15, 0.2) is 0 Å². The van der Waals surface area contributed by atoms with Gasteiger partial charge in [0.25, 0.3) is 0 Å². The first-order chi connectivity index (χ1) is 8.83. The largest absolute Gasteiger partial charge is 0.342 e. The van der Waals surface area contributed by atoms with Crippen molar-refractivity contribution in [2.45, 2.75) is 53.4 Å². The molecule has 0 aromatic carbocycles. The van der Waals surface area contributed by atoms with Gasteiger partial charge in [-0.15, -0.1) is 0 Å². The molecule has 19 heavy (non-hydrogen) atoms. The Labute approximate surface area is 118 Å². The van der Waals surface area contributed by atoms with Gasteiger partial charge in [-0.1, -0.05) is 27.7 Å². The second-order valence-corrected chi connectivity index (χ2v) is 7.76. The Morgan fingerprint density at radius 1 is 1.32 bits per heavy atom. The summed E-state index contributed by atoms with van der Waals surface area (Å²) in [6.45, 7) is 12.8. The summed E-state index contributed by atoms with van der Waals surface area (Å²) < 4.78 is 0. The van der Waals surface area contributed by atoms with Crippen molar-refractivity contribution in [2.75, 3.05) is 26.2 Å². The molecule has 0 aliphatic carbocycles. The molecule has 0 bridgehead atoms. The lowest BCUT2D eigenvalue weighted by molar-refractivity contribution is -0.147. The van der Waals surface area contributed by atoms with E-state index in [2.05, 4.69) is 37.9 Å². The van der Waals surface area contributed by atoms with Crippen LogP contribution in [0.4, 0.5) is 0 Å². The molecule has 2 rings (SSSR count). The molecule has 1 N–H and O–H groups in total. The fourth-order valence-electron chi connectivity index (χ4n) is 3.65. The lowest BCUT2D eigenvalue weighted by Gasteiger charge is -2.44. The number of nitrogens with zero attached hydrogens (tertiary/aromatic N) is 1. The number of piperidine rings is 2. The van der Waals surface area contributed by atoms with Crippen LogP contribution < -0.4 is 5.32 Å². The Morgan fingerprint density at radius 3 is 2.63 bits per heavy atom. The van der Waals surface area contributed by atoms with Crippen LogP contribution in [-0.2, 0) is 4.79 Å². The molecule has 1 atom stereocenters. The van der Waals surface area contributed by atoms with Gasteiger partial charge in [-0.05, 0) is 50.1 Å². The number of hydrogen-bond acceptors (Lipinski definition) is 2. The second kappa shape index (κ2) is 5.43. The Morgan fingerprint density at radius 2 is 2.05 bits per heavy atom. The van der Waals surface area contributed by atoms with E-state index in [0.717, 1.165) is 32.6 Å². The summed E-state index contributed by atoms with van der Waals surface area (Å²) in [5, 5.41) is 3.44. The van der Waals surface area contributed by atoms with E-state index < -0.39 is 0 Å². The Kier molecular flexibility index (Phi) is 4.24. The molecule has 0 radical (unpaired) electrons. The summed E-state index contributed by atoms with van der Waals surface area (Å²) in [4.78, 5) is 15.0. The fraction of sp³-hybridized carbons (Fsp3) is 0.938. The van der Waals surface area contributed by atoms with E-state index in [0.29, 0.717) is 11.8 Å². The van der Waals surface area contributed by atoms with Gasteiger partial charge in [0.05, 0.1) is 0 Å². The monoisotopic (exact) mass is 266 g/mol. The molecule has 0 spiro atoms. The molecule has 1 amide bonds. The van der Waals surface area contributed by atoms with Crippen LogP contribution in [0.25, 0.3) is 0 Å². The first kappa shape index (κ1) is 14.8. The Balaban J connectivity index is 2.04. The summed E-state index contributed by atoms with van der Waals surface area (Å²) in [6.07, 6.45) is 4.77. The van der Waals surface area contributed by atoms with Crippen molar-refractivity contribution in [1.29, 1.82) is 0 Å². The zero-order chi connectivity index (χ0) is 14.1. The SMILES string of the molecule is CC1(C)CCCN(C(=O)C(C)(C)C2CCCNC2)C1. The highest BCUT2D eigenvalue weighted by atomic mass is 16.2. The molecular weight excluding hydrogens is 236 g/mol. The molecule has 3 nitrogen and oxygen atoms in total. The maximum absolute atomic E-state index is 12.9. The van der Waals surface area contributed by atoms with Gasteiger partial charge in [0.2, 0.25) is 5.91 Å². The van der Waals surface area contributed by atoms with E-state index in [1.165, 1.54) is 19.3 Å². The molecule has 0 aromatic rings. The third kappa shape index (κ3) is 3.31. The lowest BCUT2D eigenvalue weighted by atomic mass is 9.73. The zero-order valence-corrected chi connectivity index (χ0v) is 13.1. The van der Waals surface area contributed by atoms with Crippen LogP contribution >= 0.6 is 0 Å². The van der Waals surface area contributed by atoms with E-state index in [1.54, 1.807) is 0 Å². The normalized spacial score (nSPS) is 28.2. The first-order valence-corrected chi connectivity index (χ1v) is 7.83. The molecule has 3 heteroatoms. The van der Waals surface area contributed by atoms with Crippen molar-refractivity contribution in [2.24, 2.45) is 16.7 Å². The average molecular weight is 266 g/mol. The van der Waals surface area contributed by atoms with E-state index >= 15 is 0 Å². The van der Waals surface area contributed by atoms with Crippen molar-refractivity contribution >= 4 is 5.91 Å². The first-order valence-electron chi connectivity index (χ1n) is 7.83. The van der Waals surface area contributed by atoms with E-state index in [1.807, 2.05) is 0 Å². The minimum Gasteiger partial charge on any atom is -0.342 e. The summed E-state index contributed by atoms with van der Waals surface area (Å²) in [5.74, 6) is 0.854. The topological polar surface area (TPSA) is 32.3 Å². The molecular formula is C16H30N2O. The van der Waals surface area contributed by atoms with Gasteiger partial charge >= 0.3 is 0 Å². The van der Waals surface area contributed by atoms with Gasteiger partial charge < -0.3 is 10.2 Å². The fourth-order valence-corrected chi connectivity index (χ4v) is 3.65. The predicted molar refractivity (Wildman–Crippen MR) is 79.0 cm³/mol. The molecule has 1 unspecified atom stereocenters. The van der Waals surface area contributed by atoms with Crippen LogP contribution in [0, 0.1) is 16.7 Å². The number of carbonyl (C=O) groups is 1. The molecule has 0 aromatic heterocycles. The standard InChI is InChI=1S/C16H30N2O/c1-15(2)8-6-10-18(12-15)14(19)16(3,4)13-7-5-9-17-11-13/h13,17H,5-12H2,1-4H3. The third-order valence-electron chi connectivity index (χ3n) is 5.06. The van der Waals surface area contributed by atoms with Gasteiger partial charge in [-0.25, -0.2) is 0 Å². The number of rotatable bonds is 2. The molecule has 110 valence electrons. The Hall–Kier alpha value is -0.570. The average Bonchev–Trinajstić information content (AvgIpc) is 2.37. The maximum atomic E-state index is 12.9. The van der Waals surface area contributed by atoms with Crippen molar-refractivity contribution in [3.05, 3.63) is 0 Å². The Bertz CT molecular complexity index is 330. The molecule has 2 fully saturated rings. The van der Waals surface area contributed by atoms with Crippen molar-refractivity contribution in [1.82, 2.24) is 10.2 Å². The van der Waals surface area contributed by atoms with Crippen LogP contribution in [0.3, 0.4) is 0 Å². The van der Waals surface area contributed by atoms with E-state index in [9.17, 15) is 4.79 Å². The number of amides is 1. The van der Waals surface area contributed by atoms with Gasteiger partial charge in [-0.2, -0.15) is 0 Å². The number of likely N-dealkylation sites (tertiary alicyclic amines) is 1. The van der Waals surface area contributed by atoms with E-state index in [-0.39, 0.29) is 10.8 Å². The highest BCUT2D eigenvalue weighted by Gasteiger charge is 2.41. The highest BCUT2D eigenvalue weighted by Crippen LogP contribution is 2.36. The molecule has 2 saturated heterocycles. The van der Waals surface area contributed by atoms with Gasteiger partial charge in [-0.3, -0.25) is 4.79 Å². The lowest BCUT2D eigenvalue weighted by Crippen LogP contribution is -2.52. The van der Waals surface area contributed by atoms with Crippen LogP contribution in [0.15, 0.2) is 0 Å². The predicted octanol–water partition coefficient (Wildman–Crippen LogP) is 2.66. The number of nitrogens with one attached hydrogen (secondary N) is 1. The highest BCUT2D eigenvalue weighted by molar-refractivity contribution is 5.82. The quantitative estimate of drug-likeness (QED) is 0.833. The van der Waals surface area contributed by atoms with Crippen LogP contribution in [0.2, 0.25) is 0 Å². The summed E-state index contributed by atoms with van der Waals surface area (Å²) >= 11 is 0. The molecule has 2 aliphatic rings. The summed E-state index contributed by atoms with van der Waals surface area (Å²) in [7, 11) is 0. The van der Waals surface area contributed by atoms with Gasteiger partial charge in [0, 0.05) is 18.5 Å². The molecule has 2 aliphatic heterocycles. The second-order valence-electron chi connectivity index (χ2n) is 7.76. The number of carbonyl (C=O) groups excluding carboxylic acids is 1. The van der Waals surface area contributed by atoms with Crippen molar-refractivity contribution in [3.63, 3.8) is 0 Å². The minimum absolute atomic E-state index is 0.221. The van der Waals surface area contributed by atoms with E-state index in [4.69, 9.17) is 0 Å². The van der Waals surface area contributed by atoms with Crippen molar-refractivity contribution < 1.29 is 4.79 Å². The van der Waals surface area contributed by atoms with Gasteiger partial charge in [0.1, 0.15) is 0 Å². The molecule has 0 saturated carbocycles. The van der Waals surface area contributed by atoms with Crippen LogP contribution in [-0.4, -0.2) is 37.0 Å². The third-order valence-corrected chi connectivity index (χ3v) is 5.06. The maximum Gasteiger partial charge on any atom is 0.228 e. The van der Waals surface area contributed by atoms with Crippen molar-refractivity contribution in [3.8, 4) is 0 Å². The van der Waals surface area contributed by atoms with Crippen LogP contribution in [0.5, 0.6) is 0 Å². The zero-order valence-electron chi connectivity index (χ0n) is 13.1. The molecule has 2 heterocycles. The van der Waals surface area contributed by atoms with Crippen LogP contribution in [0.1, 0.15) is 53.4 Å². The summed E-state index contributed by atoms with van der Waals surface area (Å²) in [6, 6.07) is 0. The minimum atomic E-state index is -0.221. The number of hydrogen-bond donors (Lipinski definition) is 1.